The lowest BCUT2D eigenvalue weighted by atomic mass is 9.96. The summed E-state index contributed by atoms with van der Waals surface area (Å²) in [6, 6.07) is 22.5. The van der Waals surface area contributed by atoms with Gasteiger partial charge in [-0.1, -0.05) is 69.3 Å². The molecule has 3 nitrogen and oxygen atoms in total. The minimum atomic E-state index is 0.245. The van der Waals surface area contributed by atoms with Gasteiger partial charge in [-0.2, -0.15) is 0 Å². The van der Waals surface area contributed by atoms with Gasteiger partial charge in [0.25, 0.3) is 0 Å². The van der Waals surface area contributed by atoms with Crippen molar-refractivity contribution in [1.82, 2.24) is 5.32 Å². The molecule has 0 aliphatic heterocycles. The summed E-state index contributed by atoms with van der Waals surface area (Å²) in [5.74, 6) is 1.79. The zero-order valence-electron chi connectivity index (χ0n) is 16.5. The molecule has 3 aromatic carbocycles. The average Bonchev–Trinajstić information content (AvgIpc) is 2.66. The summed E-state index contributed by atoms with van der Waals surface area (Å²) in [6.07, 6.45) is 0. The number of rotatable bonds is 8. The van der Waals surface area contributed by atoms with Crippen molar-refractivity contribution in [3.05, 3.63) is 72.3 Å². The van der Waals surface area contributed by atoms with E-state index in [2.05, 4.69) is 62.5 Å². The van der Waals surface area contributed by atoms with Crippen LogP contribution in [0.25, 0.3) is 10.8 Å². The maximum absolute atomic E-state index is 6.08. The van der Waals surface area contributed by atoms with E-state index in [4.69, 9.17) is 9.47 Å². The van der Waals surface area contributed by atoms with Crippen molar-refractivity contribution < 1.29 is 9.47 Å². The van der Waals surface area contributed by atoms with Crippen molar-refractivity contribution in [3.63, 3.8) is 0 Å². The second kappa shape index (κ2) is 8.92. The van der Waals surface area contributed by atoms with Crippen LogP contribution in [0.5, 0.6) is 11.5 Å². The zero-order valence-corrected chi connectivity index (χ0v) is 16.5. The molecule has 0 aliphatic rings. The molecule has 0 saturated carbocycles. The van der Waals surface area contributed by atoms with Gasteiger partial charge in [-0.05, 0) is 34.4 Å². The lowest BCUT2D eigenvalue weighted by molar-refractivity contribution is 0.216. The maximum atomic E-state index is 6.08. The third-order valence-electron chi connectivity index (χ3n) is 4.31. The Balaban J connectivity index is 1.68. The normalized spacial score (nSPS) is 11.5. The van der Waals surface area contributed by atoms with E-state index in [1.165, 1.54) is 16.3 Å². The van der Waals surface area contributed by atoms with Crippen molar-refractivity contribution in [2.75, 3.05) is 19.8 Å². The number of fused-ring (bicyclic) bond motifs is 1. The highest BCUT2D eigenvalue weighted by Crippen LogP contribution is 2.28. The number of nitrogens with one attached hydrogen (secondary N) is 1. The van der Waals surface area contributed by atoms with Crippen molar-refractivity contribution in [1.29, 1.82) is 0 Å². The Kier molecular flexibility index (Phi) is 6.36. The smallest absolute Gasteiger partial charge is 0.124 e. The van der Waals surface area contributed by atoms with Crippen LogP contribution in [0.2, 0.25) is 0 Å². The van der Waals surface area contributed by atoms with Gasteiger partial charge in [-0.15, -0.1) is 0 Å². The fourth-order valence-corrected chi connectivity index (χ4v) is 3.02. The van der Waals surface area contributed by atoms with Crippen molar-refractivity contribution in [3.8, 4) is 11.5 Å². The van der Waals surface area contributed by atoms with E-state index in [1.54, 1.807) is 0 Å². The predicted octanol–water partition coefficient (Wildman–Crippen LogP) is 5.43. The fraction of sp³-hybridized carbons (Fsp3) is 0.333. The first-order valence-electron chi connectivity index (χ1n) is 9.55. The van der Waals surface area contributed by atoms with Crippen LogP contribution >= 0.6 is 0 Å². The Morgan fingerprint density at radius 2 is 1.48 bits per heavy atom. The summed E-state index contributed by atoms with van der Waals surface area (Å²) < 4.78 is 11.8. The predicted molar refractivity (Wildman–Crippen MR) is 113 cm³/mol. The van der Waals surface area contributed by atoms with Crippen LogP contribution in [0.15, 0.2) is 66.7 Å². The van der Waals surface area contributed by atoms with E-state index in [0.717, 1.165) is 24.6 Å². The van der Waals surface area contributed by atoms with Crippen LogP contribution in [0.1, 0.15) is 26.3 Å². The van der Waals surface area contributed by atoms with Gasteiger partial charge in [0.15, 0.2) is 0 Å². The molecule has 0 bridgehead atoms. The van der Waals surface area contributed by atoms with Gasteiger partial charge in [0.05, 0.1) is 0 Å². The summed E-state index contributed by atoms with van der Waals surface area (Å²) in [5.41, 5.74) is 1.45. The summed E-state index contributed by atoms with van der Waals surface area (Å²) in [5, 5.41) is 6.05. The summed E-state index contributed by atoms with van der Waals surface area (Å²) in [6.45, 7) is 9.48. The molecule has 0 aromatic heterocycles. The van der Waals surface area contributed by atoms with E-state index in [1.807, 2.05) is 30.3 Å². The first kappa shape index (κ1) is 19.2. The topological polar surface area (TPSA) is 30.5 Å². The molecule has 0 heterocycles. The van der Waals surface area contributed by atoms with Crippen LogP contribution in [-0.2, 0) is 6.54 Å². The summed E-state index contributed by atoms with van der Waals surface area (Å²) in [7, 11) is 0. The fourth-order valence-electron chi connectivity index (χ4n) is 3.02. The Bertz CT molecular complexity index is 853. The SMILES string of the molecule is CC(C)(C)CNCc1c(OCCOc2ccccc2)ccc2ccccc12. The third kappa shape index (κ3) is 5.73. The largest absolute Gasteiger partial charge is 0.490 e. The van der Waals surface area contributed by atoms with Crippen molar-refractivity contribution >= 4 is 10.8 Å². The first-order chi connectivity index (χ1) is 13.0. The van der Waals surface area contributed by atoms with Crippen LogP contribution < -0.4 is 14.8 Å². The standard InChI is InChI=1S/C24H29NO2/c1-24(2,3)18-25-17-22-21-12-8-7-9-19(21)13-14-23(22)27-16-15-26-20-10-5-4-6-11-20/h4-14,25H,15-18H2,1-3H3. The van der Waals surface area contributed by atoms with Crippen LogP contribution in [-0.4, -0.2) is 19.8 Å². The molecule has 0 atom stereocenters. The number of benzene rings is 3. The van der Waals surface area contributed by atoms with Crippen LogP contribution in [0.4, 0.5) is 0 Å². The van der Waals surface area contributed by atoms with Gasteiger partial charge in [0.1, 0.15) is 24.7 Å². The highest BCUT2D eigenvalue weighted by Gasteiger charge is 2.12. The van der Waals surface area contributed by atoms with Crippen molar-refractivity contribution in [2.45, 2.75) is 27.3 Å². The molecule has 0 radical (unpaired) electrons. The molecule has 0 saturated heterocycles. The minimum absolute atomic E-state index is 0.245. The molecule has 0 aliphatic carbocycles. The molecule has 3 heteroatoms. The quantitative estimate of drug-likeness (QED) is 0.541. The lowest BCUT2D eigenvalue weighted by Gasteiger charge is -2.20. The van der Waals surface area contributed by atoms with Gasteiger partial charge in [-0.25, -0.2) is 0 Å². The third-order valence-corrected chi connectivity index (χ3v) is 4.31. The molecular weight excluding hydrogens is 334 g/mol. The highest BCUT2D eigenvalue weighted by molar-refractivity contribution is 5.87. The molecule has 0 unspecified atom stereocenters. The zero-order chi connectivity index (χ0) is 19.1. The number of para-hydroxylation sites is 1. The van der Waals surface area contributed by atoms with E-state index < -0.39 is 0 Å². The second-order valence-electron chi connectivity index (χ2n) is 7.94. The molecule has 3 rings (SSSR count). The van der Waals surface area contributed by atoms with Gasteiger partial charge >= 0.3 is 0 Å². The van der Waals surface area contributed by atoms with Gasteiger partial charge < -0.3 is 14.8 Å². The lowest BCUT2D eigenvalue weighted by Crippen LogP contribution is -2.26. The molecule has 0 amide bonds. The Labute approximate surface area is 162 Å². The van der Waals surface area contributed by atoms with Gasteiger partial charge in [0.2, 0.25) is 0 Å². The second-order valence-corrected chi connectivity index (χ2v) is 7.94. The van der Waals surface area contributed by atoms with Crippen LogP contribution in [0, 0.1) is 5.41 Å². The molecule has 0 spiro atoms. The first-order valence-corrected chi connectivity index (χ1v) is 9.55. The number of ether oxygens (including phenoxy) is 2. The molecule has 1 N–H and O–H groups in total. The van der Waals surface area contributed by atoms with Crippen LogP contribution in [0.3, 0.4) is 0 Å². The molecule has 27 heavy (non-hydrogen) atoms. The molecule has 0 fully saturated rings. The monoisotopic (exact) mass is 363 g/mol. The Hall–Kier alpha value is -2.52. The van der Waals surface area contributed by atoms with Crippen molar-refractivity contribution in [2.24, 2.45) is 5.41 Å². The number of hydrogen-bond acceptors (Lipinski definition) is 3. The van der Waals surface area contributed by atoms with E-state index in [-0.39, 0.29) is 5.41 Å². The van der Waals surface area contributed by atoms with E-state index in [0.29, 0.717) is 13.2 Å². The maximum Gasteiger partial charge on any atom is 0.124 e. The minimum Gasteiger partial charge on any atom is -0.490 e. The van der Waals surface area contributed by atoms with Gasteiger partial charge in [0, 0.05) is 18.7 Å². The highest BCUT2D eigenvalue weighted by atomic mass is 16.5. The molecule has 142 valence electrons. The molecule has 3 aromatic rings. The van der Waals surface area contributed by atoms with E-state index >= 15 is 0 Å². The Morgan fingerprint density at radius 3 is 2.26 bits per heavy atom. The average molecular weight is 364 g/mol. The summed E-state index contributed by atoms with van der Waals surface area (Å²) >= 11 is 0. The summed E-state index contributed by atoms with van der Waals surface area (Å²) in [4.78, 5) is 0. The Morgan fingerprint density at radius 1 is 0.778 bits per heavy atom. The number of hydrogen-bond donors (Lipinski definition) is 1. The van der Waals surface area contributed by atoms with E-state index in [9.17, 15) is 0 Å². The van der Waals surface area contributed by atoms with Gasteiger partial charge in [-0.3, -0.25) is 0 Å². The molecular formula is C24H29NO2.